The summed E-state index contributed by atoms with van der Waals surface area (Å²) < 4.78 is 27.0. The molecule has 1 fully saturated rings. The maximum atomic E-state index is 13.5. The summed E-state index contributed by atoms with van der Waals surface area (Å²) in [7, 11) is 0. The van der Waals surface area contributed by atoms with E-state index in [1.54, 1.807) is 6.20 Å². The lowest BCUT2D eigenvalue weighted by atomic mass is 9.83. The number of carbonyl (C=O) groups is 1. The molecule has 0 saturated heterocycles. The lowest BCUT2D eigenvalue weighted by Gasteiger charge is -2.33. The average Bonchev–Trinajstić information content (AvgIpc) is 3.20. The van der Waals surface area contributed by atoms with Crippen molar-refractivity contribution in [1.29, 1.82) is 0 Å². The fourth-order valence-corrected chi connectivity index (χ4v) is 4.24. The Morgan fingerprint density at radius 2 is 1.72 bits per heavy atom. The van der Waals surface area contributed by atoms with Crippen molar-refractivity contribution in [2.75, 3.05) is 0 Å². The largest absolute Gasteiger partial charge is 0.345 e. The standard InChI is InChI=1S/C26H37F2N3O/c1-16(2)17(3)18-7-9-19(10-8-18)21-15-29-23(30-21)22(25(4,5)6)31-24(32)20-11-13-26(27,28)14-12-20/h7-10,15-17,20,22H,11-14H2,1-6H3,(H,29,30)(H,31,32)/t17-,22-/m1/s1. The molecule has 1 aromatic heterocycles. The second kappa shape index (κ2) is 9.32. The molecule has 1 aliphatic rings. The minimum Gasteiger partial charge on any atom is -0.345 e. The molecular formula is C26H37F2N3O. The summed E-state index contributed by atoms with van der Waals surface area (Å²) in [6.07, 6.45) is 1.80. The first-order valence-electron chi connectivity index (χ1n) is 11.7. The number of rotatable bonds is 6. The number of aromatic nitrogens is 2. The van der Waals surface area contributed by atoms with E-state index in [0.717, 1.165) is 11.3 Å². The van der Waals surface area contributed by atoms with Crippen LogP contribution in [0.5, 0.6) is 0 Å². The quantitative estimate of drug-likeness (QED) is 0.510. The third kappa shape index (κ3) is 5.76. The molecule has 4 nitrogen and oxygen atoms in total. The molecule has 32 heavy (non-hydrogen) atoms. The minimum atomic E-state index is -2.64. The van der Waals surface area contributed by atoms with Crippen LogP contribution in [0.1, 0.15) is 90.6 Å². The molecule has 1 aliphatic carbocycles. The van der Waals surface area contributed by atoms with E-state index in [1.165, 1.54) is 5.56 Å². The Hall–Kier alpha value is -2.24. The topological polar surface area (TPSA) is 57.8 Å². The minimum absolute atomic E-state index is 0.162. The van der Waals surface area contributed by atoms with Gasteiger partial charge < -0.3 is 10.3 Å². The molecule has 3 rings (SSSR count). The summed E-state index contributed by atoms with van der Waals surface area (Å²) in [5.74, 6) is -1.43. The van der Waals surface area contributed by atoms with Crippen LogP contribution in [-0.2, 0) is 4.79 Å². The van der Waals surface area contributed by atoms with Crippen molar-refractivity contribution in [2.24, 2.45) is 17.3 Å². The number of aromatic amines is 1. The monoisotopic (exact) mass is 445 g/mol. The highest BCUT2D eigenvalue weighted by Crippen LogP contribution is 2.38. The number of alkyl halides is 2. The Morgan fingerprint density at radius 3 is 2.25 bits per heavy atom. The SMILES string of the molecule is CC(C)[C@@H](C)c1ccc(-c2cnc([C@@H](NC(=O)C3CCC(F)(F)CC3)C(C)(C)C)[nH]2)cc1. The fraction of sp³-hybridized carbons (Fsp3) is 0.615. The Labute approximate surface area is 190 Å². The van der Waals surface area contributed by atoms with Crippen molar-refractivity contribution < 1.29 is 13.6 Å². The van der Waals surface area contributed by atoms with Crippen molar-refractivity contribution in [2.45, 2.75) is 85.1 Å². The molecule has 0 unspecified atom stereocenters. The predicted molar refractivity (Wildman–Crippen MR) is 125 cm³/mol. The van der Waals surface area contributed by atoms with Gasteiger partial charge in [0.25, 0.3) is 0 Å². The number of H-pyrrole nitrogens is 1. The van der Waals surface area contributed by atoms with Gasteiger partial charge in [-0.15, -0.1) is 0 Å². The third-order valence-electron chi connectivity index (χ3n) is 6.86. The van der Waals surface area contributed by atoms with Crippen LogP contribution in [-0.4, -0.2) is 21.8 Å². The molecule has 1 heterocycles. The number of imidazole rings is 1. The summed E-state index contributed by atoms with van der Waals surface area (Å²) in [4.78, 5) is 20.8. The van der Waals surface area contributed by atoms with E-state index >= 15 is 0 Å². The molecule has 2 atom stereocenters. The molecule has 1 amide bonds. The molecule has 0 spiro atoms. The molecule has 1 saturated carbocycles. The number of nitrogens with one attached hydrogen (secondary N) is 2. The fourth-order valence-electron chi connectivity index (χ4n) is 4.24. The van der Waals surface area contributed by atoms with Gasteiger partial charge in [0.1, 0.15) is 5.82 Å². The van der Waals surface area contributed by atoms with Gasteiger partial charge in [-0.2, -0.15) is 0 Å². The van der Waals surface area contributed by atoms with E-state index < -0.39 is 5.92 Å². The van der Waals surface area contributed by atoms with Gasteiger partial charge in [-0.25, -0.2) is 13.8 Å². The van der Waals surface area contributed by atoms with Gasteiger partial charge in [0.2, 0.25) is 11.8 Å². The van der Waals surface area contributed by atoms with Gasteiger partial charge in [0.05, 0.1) is 17.9 Å². The predicted octanol–water partition coefficient (Wildman–Crippen LogP) is 6.87. The molecule has 176 valence electrons. The van der Waals surface area contributed by atoms with Gasteiger partial charge in [-0.05, 0) is 41.2 Å². The number of nitrogens with zero attached hydrogens (tertiary/aromatic N) is 1. The number of hydrogen-bond donors (Lipinski definition) is 2. The van der Waals surface area contributed by atoms with Gasteiger partial charge in [-0.3, -0.25) is 4.79 Å². The third-order valence-corrected chi connectivity index (χ3v) is 6.86. The molecule has 0 aliphatic heterocycles. The highest BCUT2D eigenvalue weighted by molar-refractivity contribution is 5.79. The second-order valence-electron chi connectivity index (χ2n) is 10.8. The van der Waals surface area contributed by atoms with Crippen LogP contribution in [0.3, 0.4) is 0 Å². The van der Waals surface area contributed by atoms with E-state index in [-0.39, 0.29) is 49.0 Å². The Morgan fingerprint density at radius 1 is 1.12 bits per heavy atom. The summed E-state index contributed by atoms with van der Waals surface area (Å²) in [5.41, 5.74) is 2.95. The van der Waals surface area contributed by atoms with Crippen LogP contribution in [0.25, 0.3) is 11.3 Å². The van der Waals surface area contributed by atoms with E-state index in [9.17, 15) is 13.6 Å². The average molecular weight is 446 g/mol. The molecule has 0 radical (unpaired) electrons. The van der Waals surface area contributed by atoms with Crippen LogP contribution in [0.4, 0.5) is 8.78 Å². The Kier molecular flexibility index (Phi) is 7.11. The maximum Gasteiger partial charge on any atom is 0.248 e. The highest BCUT2D eigenvalue weighted by Gasteiger charge is 2.39. The smallest absolute Gasteiger partial charge is 0.248 e. The van der Waals surface area contributed by atoms with Crippen molar-refractivity contribution in [3.05, 3.63) is 41.9 Å². The molecule has 0 bridgehead atoms. The molecular weight excluding hydrogens is 408 g/mol. The first-order chi connectivity index (χ1) is 14.9. The summed E-state index contributed by atoms with van der Waals surface area (Å²) in [6, 6.07) is 8.16. The zero-order chi connectivity index (χ0) is 23.7. The van der Waals surface area contributed by atoms with Crippen LogP contribution >= 0.6 is 0 Å². The molecule has 1 aromatic carbocycles. The normalized spacial score (nSPS) is 19.0. The first-order valence-corrected chi connectivity index (χ1v) is 11.7. The van der Waals surface area contributed by atoms with Crippen molar-refractivity contribution in [1.82, 2.24) is 15.3 Å². The lowest BCUT2D eigenvalue weighted by molar-refractivity contribution is -0.130. The number of amides is 1. The Bertz CT molecular complexity index is 902. The lowest BCUT2D eigenvalue weighted by Crippen LogP contribution is -2.42. The molecule has 2 N–H and O–H groups in total. The van der Waals surface area contributed by atoms with Crippen LogP contribution in [0.2, 0.25) is 0 Å². The number of halogens is 2. The highest BCUT2D eigenvalue weighted by atomic mass is 19.3. The molecule has 2 aromatic rings. The zero-order valence-corrected chi connectivity index (χ0v) is 20.1. The van der Waals surface area contributed by atoms with Gasteiger partial charge in [-0.1, -0.05) is 65.8 Å². The van der Waals surface area contributed by atoms with Crippen LogP contribution in [0.15, 0.2) is 30.5 Å². The number of benzene rings is 1. The summed E-state index contributed by atoms with van der Waals surface area (Å²) in [5, 5.41) is 3.09. The van der Waals surface area contributed by atoms with Gasteiger partial charge in [0.15, 0.2) is 0 Å². The summed E-state index contributed by atoms with van der Waals surface area (Å²) >= 11 is 0. The van der Waals surface area contributed by atoms with E-state index in [1.807, 2.05) is 20.8 Å². The van der Waals surface area contributed by atoms with Gasteiger partial charge in [0, 0.05) is 18.8 Å². The van der Waals surface area contributed by atoms with Crippen LogP contribution < -0.4 is 5.32 Å². The van der Waals surface area contributed by atoms with Crippen LogP contribution in [0, 0.1) is 17.3 Å². The van der Waals surface area contributed by atoms with Crippen molar-refractivity contribution in [3.8, 4) is 11.3 Å². The zero-order valence-electron chi connectivity index (χ0n) is 20.1. The van der Waals surface area contributed by atoms with Gasteiger partial charge >= 0.3 is 0 Å². The second-order valence-corrected chi connectivity index (χ2v) is 10.8. The van der Waals surface area contributed by atoms with E-state index in [2.05, 4.69) is 60.3 Å². The van der Waals surface area contributed by atoms with Crippen molar-refractivity contribution in [3.63, 3.8) is 0 Å². The van der Waals surface area contributed by atoms with E-state index in [4.69, 9.17) is 0 Å². The first kappa shape index (κ1) is 24.4. The van der Waals surface area contributed by atoms with E-state index in [0.29, 0.717) is 17.7 Å². The maximum absolute atomic E-state index is 13.5. The number of carbonyl (C=O) groups excluding carboxylic acids is 1. The summed E-state index contributed by atoms with van der Waals surface area (Å²) in [6.45, 7) is 12.8. The Balaban J connectivity index is 1.75. The van der Waals surface area contributed by atoms with Crippen molar-refractivity contribution >= 4 is 5.91 Å². The molecule has 6 heteroatoms. The number of hydrogen-bond acceptors (Lipinski definition) is 2.